The normalized spacial score (nSPS) is 27.1. The van der Waals surface area contributed by atoms with Gasteiger partial charge in [0.05, 0.1) is 67.2 Å². The molecule has 2 saturated carbocycles. The van der Waals surface area contributed by atoms with Crippen LogP contribution in [0.4, 0.5) is 26.3 Å². The van der Waals surface area contributed by atoms with Crippen LogP contribution in [-0.2, 0) is 36.6 Å². The maximum absolute atomic E-state index is 14.6. The van der Waals surface area contributed by atoms with Gasteiger partial charge in [0.15, 0.2) is 0 Å². The van der Waals surface area contributed by atoms with Gasteiger partial charge in [-0.05, 0) is 89.1 Å². The van der Waals surface area contributed by atoms with Gasteiger partial charge in [-0.25, -0.2) is 0 Å². The Morgan fingerprint density at radius 1 is 0.951 bits per heavy atom. The highest BCUT2D eigenvalue weighted by molar-refractivity contribution is 5.95. The number of halogens is 6. The molecule has 5 aliphatic heterocycles. The number of hydrogen-bond acceptors (Lipinski definition) is 8. The first kappa shape index (κ1) is 43.4. The van der Waals surface area contributed by atoms with Crippen LogP contribution in [0.1, 0.15) is 79.8 Å². The zero-order chi connectivity index (χ0) is 43.5. The first-order valence-corrected chi connectivity index (χ1v) is 21.1. The van der Waals surface area contributed by atoms with Crippen molar-refractivity contribution in [2.75, 3.05) is 59.0 Å². The molecule has 334 valence electrons. The molecule has 0 unspecified atom stereocenters. The number of nitrogens with one attached hydrogen (secondary N) is 1. The number of benzene rings is 1. The lowest BCUT2D eigenvalue weighted by atomic mass is 9.70. The molecular formula is C42H52F6N6O7. The number of aromatic nitrogens is 2. The van der Waals surface area contributed by atoms with E-state index >= 15 is 0 Å². The SMILES string of the molecule is C[C@@H](OCC12CCC(CC1)OC2)[C@@H](CN1CCC(C(=O)O)CC1)NC(=O)[C@@H]1CN(C(=O)c2cnn(Cc3ccc(C(F)(F)F)cc3)c2)CC12CN(C(=O)C1(C(F)(F)F)CC1)C2. The van der Waals surface area contributed by atoms with E-state index in [1.54, 1.807) is 0 Å². The molecule has 6 heterocycles. The van der Waals surface area contributed by atoms with Gasteiger partial charge in [-0.2, -0.15) is 31.4 Å². The van der Waals surface area contributed by atoms with E-state index in [1.807, 2.05) is 6.92 Å². The lowest BCUT2D eigenvalue weighted by molar-refractivity contribution is -0.205. The van der Waals surface area contributed by atoms with Gasteiger partial charge in [-0.1, -0.05) is 12.1 Å². The molecule has 1 spiro atoms. The molecular weight excluding hydrogens is 814 g/mol. The number of carbonyl (C=O) groups is 4. The molecule has 0 radical (unpaired) electrons. The summed E-state index contributed by atoms with van der Waals surface area (Å²) in [6.07, 6.45) is -2.54. The standard InChI is InChI=1S/C42H52F6N6O7/c1-26(60-24-38-10-6-31(7-11-38)61-25-38)33(20-51-14-8-28(9-15-51)36(57)58)50-34(55)32-19-52(21-39(32)22-53(23-39)37(59)40(12-13-40)42(46,47)48)35(56)29-16-49-54(18-29)17-27-2-4-30(5-3-27)41(43,44)45/h2-5,16,18,26,28,31-33H,6-15,17,19-25H2,1H3,(H,50,55)(H,57,58)/t26-,31?,32+,33-,38?/m1/s1. The van der Waals surface area contributed by atoms with Crippen LogP contribution in [0, 0.1) is 28.1 Å². The Labute approximate surface area is 349 Å². The van der Waals surface area contributed by atoms with Crippen molar-refractivity contribution in [3.8, 4) is 0 Å². The van der Waals surface area contributed by atoms with Crippen LogP contribution in [0.5, 0.6) is 0 Å². The van der Waals surface area contributed by atoms with Crippen molar-refractivity contribution < 1.29 is 60.1 Å². The minimum absolute atomic E-state index is 0.0141. The zero-order valence-corrected chi connectivity index (χ0v) is 34.0. The van der Waals surface area contributed by atoms with Gasteiger partial charge in [-0.15, -0.1) is 0 Å². The number of carbonyl (C=O) groups excluding carboxylic acids is 3. The molecule has 5 saturated heterocycles. The van der Waals surface area contributed by atoms with Crippen LogP contribution in [0.15, 0.2) is 36.7 Å². The van der Waals surface area contributed by atoms with Crippen molar-refractivity contribution in [1.82, 2.24) is 29.8 Å². The minimum Gasteiger partial charge on any atom is -0.481 e. The Hall–Kier alpha value is -4.23. The molecule has 9 rings (SSSR count). The number of likely N-dealkylation sites (tertiary alicyclic amines) is 3. The number of piperidine rings is 1. The van der Waals surface area contributed by atoms with Gasteiger partial charge < -0.3 is 34.6 Å². The van der Waals surface area contributed by atoms with E-state index in [9.17, 15) is 50.6 Å². The Morgan fingerprint density at radius 3 is 2.18 bits per heavy atom. The summed E-state index contributed by atoms with van der Waals surface area (Å²) in [5, 5.41) is 17.0. The van der Waals surface area contributed by atoms with Crippen LogP contribution < -0.4 is 5.32 Å². The minimum atomic E-state index is -4.72. The molecule has 2 N–H and O–H groups in total. The van der Waals surface area contributed by atoms with Gasteiger partial charge in [0.1, 0.15) is 5.41 Å². The summed E-state index contributed by atoms with van der Waals surface area (Å²) in [5.74, 6) is -4.17. The number of amides is 3. The maximum Gasteiger partial charge on any atom is 0.416 e. The van der Waals surface area contributed by atoms with E-state index in [2.05, 4.69) is 15.3 Å². The Morgan fingerprint density at radius 2 is 1.61 bits per heavy atom. The summed E-state index contributed by atoms with van der Waals surface area (Å²) in [4.78, 5) is 58.4. The van der Waals surface area contributed by atoms with Gasteiger partial charge in [-0.3, -0.25) is 23.9 Å². The summed E-state index contributed by atoms with van der Waals surface area (Å²) in [6, 6.07) is 3.98. The van der Waals surface area contributed by atoms with Crippen molar-refractivity contribution in [3.05, 3.63) is 53.3 Å². The van der Waals surface area contributed by atoms with Crippen LogP contribution >= 0.6 is 0 Å². The molecule has 3 atom stereocenters. The fourth-order valence-electron chi connectivity index (χ4n) is 10.1. The van der Waals surface area contributed by atoms with Crippen LogP contribution in [0.25, 0.3) is 0 Å². The van der Waals surface area contributed by atoms with E-state index in [4.69, 9.17) is 9.47 Å². The molecule has 7 aliphatic rings. The Kier molecular flexibility index (Phi) is 11.5. The first-order chi connectivity index (χ1) is 28.8. The summed E-state index contributed by atoms with van der Waals surface area (Å²) >= 11 is 0. The number of ether oxygens (including phenoxy) is 2. The third kappa shape index (κ3) is 8.75. The largest absolute Gasteiger partial charge is 0.481 e. The van der Waals surface area contributed by atoms with E-state index in [-0.39, 0.29) is 62.6 Å². The van der Waals surface area contributed by atoms with Crippen molar-refractivity contribution in [1.29, 1.82) is 0 Å². The molecule has 61 heavy (non-hydrogen) atoms. The summed E-state index contributed by atoms with van der Waals surface area (Å²) < 4.78 is 95.3. The van der Waals surface area contributed by atoms with Gasteiger partial charge >= 0.3 is 18.3 Å². The number of nitrogens with zero attached hydrogens (tertiary/aromatic N) is 5. The van der Waals surface area contributed by atoms with Gasteiger partial charge in [0, 0.05) is 49.8 Å². The molecule has 2 aromatic rings. The highest BCUT2D eigenvalue weighted by atomic mass is 19.4. The second-order valence-electron chi connectivity index (χ2n) is 18.5. The lowest BCUT2D eigenvalue weighted by Crippen LogP contribution is -2.66. The predicted octanol–water partition coefficient (Wildman–Crippen LogP) is 4.84. The monoisotopic (exact) mass is 866 g/mol. The molecule has 3 amide bonds. The van der Waals surface area contributed by atoms with Crippen LogP contribution in [0.2, 0.25) is 0 Å². The molecule has 13 nitrogen and oxygen atoms in total. The Balaban J connectivity index is 0.995. The van der Waals surface area contributed by atoms with Crippen molar-refractivity contribution in [3.63, 3.8) is 0 Å². The average Bonchev–Trinajstić information content (AvgIpc) is 3.76. The maximum atomic E-state index is 14.6. The third-order valence-corrected chi connectivity index (χ3v) is 14.3. The van der Waals surface area contributed by atoms with E-state index in [1.165, 1.54) is 34.1 Å². The Bertz CT molecular complexity index is 1950. The number of carboxylic acids is 1. The highest BCUT2D eigenvalue weighted by Crippen LogP contribution is 2.60. The average molecular weight is 867 g/mol. The van der Waals surface area contributed by atoms with Crippen molar-refractivity contribution in [2.45, 2.75) is 95.4 Å². The summed E-state index contributed by atoms with van der Waals surface area (Å²) in [6.45, 7) is 3.90. The van der Waals surface area contributed by atoms with Gasteiger partial charge in [0.2, 0.25) is 11.8 Å². The van der Waals surface area contributed by atoms with Gasteiger partial charge in [0.25, 0.3) is 5.91 Å². The van der Waals surface area contributed by atoms with Crippen molar-refractivity contribution >= 4 is 23.7 Å². The summed E-state index contributed by atoms with van der Waals surface area (Å²) in [5.41, 5.74) is -3.75. The van der Waals surface area contributed by atoms with Crippen LogP contribution in [0.3, 0.4) is 0 Å². The topological polar surface area (TPSA) is 147 Å². The number of alkyl halides is 6. The molecule has 2 bridgehead atoms. The predicted molar refractivity (Wildman–Crippen MR) is 204 cm³/mol. The number of fused-ring (bicyclic) bond motifs is 3. The number of aliphatic carboxylic acids is 1. The quantitative estimate of drug-likeness (QED) is 0.270. The lowest BCUT2D eigenvalue weighted by Gasteiger charge is -2.51. The van der Waals surface area contributed by atoms with Crippen molar-refractivity contribution in [2.24, 2.45) is 28.1 Å². The fraction of sp³-hybridized carbons (Fsp3) is 0.690. The molecule has 2 aliphatic carbocycles. The molecule has 19 heteroatoms. The van der Waals surface area contributed by atoms with Crippen LogP contribution in [-0.4, -0.2) is 137 Å². The second-order valence-corrected chi connectivity index (χ2v) is 18.5. The number of carboxylic acid groups (broad SMARTS) is 1. The highest BCUT2D eigenvalue weighted by Gasteiger charge is 2.71. The molecule has 1 aromatic heterocycles. The molecule has 7 fully saturated rings. The first-order valence-electron chi connectivity index (χ1n) is 21.1. The number of rotatable bonds is 13. The fourth-order valence-corrected chi connectivity index (χ4v) is 10.1. The molecule has 1 aromatic carbocycles. The van der Waals surface area contributed by atoms with E-state index in [0.717, 1.165) is 42.7 Å². The summed E-state index contributed by atoms with van der Waals surface area (Å²) in [7, 11) is 0. The number of hydrogen-bond donors (Lipinski definition) is 2. The second kappa shape index (κ2) is 16.2. The third-order valence-electron chi connectivity index (χ3n) is 14.3. The van der Waals surface area contributed by atoms with E-state index in [0.29, 0.717) is 51.3 Å². The van der Waals surface area contributed by atoms with E-state index < -0.39 is 76.4 Å². The zero-order valence-electron chi connectivity index (χ0n) is 34.0. The smallest absolute Gasteiger partial charge is 0.416 e.